The molecule has 0 spiro atoms. The van der Waals surface area contributed by atoms with Gasteiger partial charge < -0.3 is 4.74 Å². The molecule has 0 aromatic heterocycles. The molecule has 1 aliphatic heterocycles. The fraction of sp³-hybridized carbons (Fsp3) is 0.611. The van der Waals surface area contributed by atoms with E-state index in [9.17, 15) is 4.79 Å². The van der Waals surface area contributed by atoms with Crippen LogP contribution in [0.15, 0.2) is 6.07 Å². The summed E-state index contributed by atoms with van der Waals surface area (Å²) in [4.78, 5) is 14.8. The van der Waals surface area contributed by atoms with Gasteiger partial charge in [-0.2, -0.15) is 0 Å². The average Bonchev–Trinajstić information content (AvgIpc) is 2.46. The van der Waals surface area contributed by atoms with Gasteiger partial charge in [0.1, 0.15) is 6.61 Å². The number of carbonyl (C=O) groups excluding carboxylic acids is 1. The summed E-state index contributed by atoms with van der Waals surface area (Å²) >= 11 is 0. The summed E-state index contributed by atoms with van der Waals surface area (Å²) < 4.78 is 5.52. The van der Waals surface area contributed by atoms with Crippen LogP contribution in [0.4, 0.5) is 0 Å². The van der Waals surface area contributed by atoms with E-state index in [1.54, 1.807) is 0 Å². The molecular formula is C18H28ClNO2. The highest BCUT2D eigenvalue weighted by Crippen LogP contribution is 2.22. The molecule has 0 bridgehead atoms. The number of esters is 1. The van der Waals surface area contributed by atoms with Crippen molar-refractivity contribution in [1.29, 1.82) is 0 Å². The van der Waals surface area contributed by atoms with Crippen LogP contribution in [-0.2, 0) is 4.74 Å². The molecule has 1 heterocycles. The maximum absolute atomic E-state index is 12.4. The maximum atomic E-state index is 12.4. The minimum Gasteiger partial charge on any atom is -0.461 e. The van der Waals surface area contributed by atoms with Gasteiger partial charge in [0.25, 0.3) is 0 Å². The van der Waals surface area contributed by atoms with Crippen molar-refractivity contribution in [1.82, 2.24) is 4.90 Å². The van der Waals surface area contributed by atoms with E-state index in [2.05, 4.69) is 11.0 Å². The Morgan fingerprint density at radius 1 is 1.05 bits per heavy atom. The Kier molecular flexibility index (Phi) is 7.37. The van der Waals surface area contributed by atoms with E-state index in [-0.39, 0.29) is 18.4 Å². The molecule has 0 amide bonds. The van der Waals surface area contributed by atoms with Crippen LogP contribution in [0, 0.1) is 27.7 Å². The van der Waals surface area contributed by atoms with E-state index in [1.165, 1.54) is 19.3 Å². The number of likely N-dealkylation sites (tertiary alicyclic amines) is 1. The third-order valence-corrected chi connectivity index (χ3v) is 4.66. The number of hydrogen-bond donors (Lipinski definition) is 0. The second kappa shape index (κ2) is 8.54. The Balaban J connectivity index is 0.00000242. The Labute approximate surface area is 140 Å². The van der Waals surface area contributed by atoms with Crippen LogP contribution in [0.3, 0.4) is 0 Å². The summed E-state index contributed by atoms with van der Waals surface area (Å²) in [6, 6.07) is 2.13. The van der Waals surface area contributed by atoms with Crippen molar-refractivity contribution in [2.45, 2.75) is 47.0 Å². The fourth-order valence-electron chi connectivity index (χ4n) is 3.05. The fourth-order valence-corrected chi connectivity index (χ4v) is 3.05. The lowest BCUT2D eigenvalue weighted by Crippen LogP contribution is -2.33. The molecule has 1 aromatic rings. The van der Waals surface area contributed by atoms with Crippen molar-refractivity contribution >= 4 is 18.4 Å². The van der Waals surface area contributed by atoms with E-state index >= 15 is 0 Å². The molecule has 0 aliphatic carbocycles. The first kappa shape index (κ1) is 19.0. The average molecular weight is 326 g/mol. The Morgan fingerprint density at radius 2 is 1.59 bits per heavy atom. The molecule has 1 aromatic carbocycles. The van der Waals surface area contributed by atoms with Crippen LogP contribution in [-0.4, -0.2) is 37.1 Å². The van der Waals surface area contributed by atoms with Crippen LogP contribution in [0.5, 0.6) is 0 Å². The second-order valence-electron chi connectivity index (χ2n) is 6.17. The van der Waals surface area contributed by atoms with Crippen LogP contribution in [0.2, 0.25) is 0 Å². The quantitative estimate of drug-likeness (QED) is 0.784. The monoisotopic (exact) mass is 325 g/mol. The van der Waals surface area contributed by atoms with Gasteiger partial charge in [0.05, 0.1) is 5.56 Å². The predicted molar refractivity (Wildman–Crippen MR) is 93.2 cm³/mol. The summed E-state index contributed by atoms with van der Waals surface area (Å²) in [5.74, 6) is -0.172. The molecule has 0 radical (unpaired) electrons. The zero-order valence-corrected chi connectivity index (χ0v) is 15.0. The first-order valence-corrected chi connectivity index (χ1v) is 7.97. The third-order valence-electron chi connectivity index (χ3n) is 4.66. The van der Waals surface area contributed by atoms with Crippen LogP contribution in [0.1, 0.15) is 51.9 Å². The topological polar surface area (TPSA) is 29.5 Å². The highest BCUT2D eigenvalue weighted by atomic mass is 35.5. The minimum atomic E-state index is -0.172. The number of rotatable bonds is 4. The molecule has 0 N–H and O–H groups in total. The Bertz CT molecular complexity index is 496. The van der Waals surface area contributed by atoms with Gasteiger partial charge >= 0.3 is 5.97 Å². The molecule has 1 aliphatic rings. The molecule has 0 atom stereocenters. The molecule has 1 saturated heterocycles. The van der Waals surface area contributed by atoms with Crippen molar-refractivity contribution in [3.8, 4) is 0 Å². The number of carbonyl (C=O) groups is 1. The van der Waals surface area contributed by atoms with Gasteiger partial charge in [0.2, 0.25) is 0 Å². The molecule has 124 valence electrons. The third kappa shape index (κ3) is 4.47. The summed E-state index contributed by atoms with van der Waals surface area (Å²) in [7, 11) is 0. The lowest BCUT2D eigenvalue weighted by molar-refractivity contribution is 0.0450. The molecule has 0 unspecified atom stereocenters. The zero-order valence-electron chi connectivity index (χ0n) is 14.2. The van der Waals surface area contributed by atoms with E-state index in [0.29, 0.717) is 6.61 Å². The first-order chi connectivity index (χ1) is 10.0. The molecule has 0 saturated carbocycles. The van der Waals surface area contributed by atoms with E-state index in [0.717, 1.165) is 47.5 Å². The summed E-state index contributed by atoms with van der Waals surface area (Å²) in [6.07, 6.45) is 3.86. The summed E-state index contributed by atoms with van der Waals surface area (Å²) in [5, 5.41) is 0. The SMILES string of the molecule is Cc1cc(C)c(C)c(C(=O)OCCN2CCCCC2)c1C.Cl. The number of nitrogens with zero attached hydrogens (tertiary/aromatic N) is 1. The Hall–Kier alpha value is -1.06. The van der Waals surface area contributed by atoms with Crippen molar-refractivity contribution in [3.05, 3.63) is 33.9 Å². The zero-order chi connectivity index (χ0) is 15.4. The van der Waals surface area contributed by atoms with E-state index < -0.39 is 0 Å². The molecule has 3 nitrogen and oxygen atoms in total. The maximum Gasteiger partial charge on any atom is 0.338 e. The largest absolute Gasteiger partial charge is 0.461 e. The molecule has 4 heteroatoms. The van der Waals surface area contributed by atoms with Gasteiger partial charge in [-0.15, -0.1) is 12.4 Å². The smallest absolute Gasteiger partial charge is 0.338 e. The number of aryl methyl sites for hydroxylation is 2. The van der Waals surface area contributed by atoms with Gasteiger partial charge in [0.15, 0.2) is 0 Å². The molecule has 1 fully saturated rings. The van der Waals surface area contributed by atoms with Gasteiger partial charge in [-0.05, 0) is 75.9 Å². The lowest BCUT2D eigenvalue weighted by atomic mass is 9.94. The van der Waals surface area contributed by atoms with Crippen molar-refractivity contribution in [2.24, 2.45) is 0 Å². The number of hydrogen-bond acceptors (Lipinski definition) is 3. The van der Waals surface area contributed by atoms with Crippen molar-refractivity contribution < 1.29 is 9.53 Å². The second-order valence-corrected chi connectivity index (χ2v) is 6.17. The highest BCUT2D eigenvalue weighted by molar-refractivity contribution is 5.93. The van der Waals surface area contributed by atoms with Crippen molar-refractivity contribution in [2.75, 3.05) is 26.2 Å². The molecule has 2 rings (SSSR count). The van der Waals surface area contributed by atoms with E-state index in [4.69, 9.17) is 4.74 Å². The van der Waals surface area contributed by atoms with Crippen LogP contribution >= 0.6 is 12.4 Å². The molecule has 22 heavy (non-hydrogen) atoms. The highest BCUT2D eigenvalue weighted by Gasteiger charge is 2.17. The minimum absolute atomic E-state index is 0. The predicted octanol–water partition coefficient (Wildman–Crippen LogP) is 3.98. The normalized spacial score (nSPS) is 15.3. The number of benzene rings is 1. The number of halogens is 1. The van der Waals surface area contributed by atoms with Gasteiger partial charge in [-0.1, -0.05) is 12.5 Å². The van der Waals surface area contributed by atoms with E-state index in [1.807, 2.05) is 27.7 Å². The molecular weight excluding hydrogens is 298 g/mol. The number of ether oxygens (including phenoxy) is 1. The van der Waals surface area contributed by atoms with Gasteiger partial charge in [0, 0.05) is 6.54 Å². The first-order valence-electron chi connectivity index (χ1n) is 7.97. The van der Waals surface area contributed by atoms with Crippen LogP contribution < -0.4 is 0 Å². The van der Waals surface area contributed by atoms with Crippen LogP contribution in [0.25, 0.3) is 0 Å². The standard InChI is InChI=1S/C18H27NO2.ClH/c1-13-12-14(2)16(4)17(15(13)3)18(20)21-11-10-19-8-6-5-7-9-19;/h12H,5-11H2,1-4H3;1H. The Morgan fingerprint density at radius 3 is 2.14 bits per heavy atom. The van der Waals surface area contributed by atoms with Gasteiger partial charge in [-0.25, -0.2) is 4.79 Å². The lowest BCUT2D eigenvalue weighted by Gasteiger charge is -2.26. The van der Waals surface area contributed by atoms with Crippen molar-refractivity contribution in [3.63, 3.8) is 0 Å². The summed E-state index contributed by atoms with van der Waals surface area (Å²) in [6.45, 7) is 11.7. The number of piperidine rings is 1. The summed E-state index contributed by atoms with van der Waals surface area (Å²) in [5.41, 5.74) is 5.15. The van der Waals surface area contributed by atoms with Gasteiger partial charge in [-0.3, -0.25) is 4.90 Å².